The van der Waals surface area contributed by atoms with Gasteiger partial charge in [-0.1, -0.05) is 24.3 Å². The summed E-state index contributed by atoms with van der Waals surface area (Å²) in [5, 5.41) is 5.40. The number of rotatable bonds is 8. The van der Waals surface area contributed by atoms with E-state index in [1.165, 1.54) is 17.7 Å². The summed E-state index contributed by atoms with van der Waals surface area (Å²) in [6.07, 6.45) is 0. The normalized spacial score (nSPS) is 10.6. The van der Waals surface area contributed by atoms with Gasteiger partial charge in [-0.3, -0.25) is 23.9 Å². The third kappa shape index (κ3) is 5.67. The van der Waals surface area contributed by atoms with E-state index in [0.717, 1.165) is 0 Å². The Kier molecular flexibility index (Phi) is 7.34. The molecule has 0 spiro atoms. The van der Waals surface area contributed by atoms with E-state index in [1.807, 2.05) is 30.3 Å². The fourth-order valence-corrected chi connectivity index (χ4v) is 3.77. The Bertz CT molecular complexity index is 1520. The Morgan fingerprint density at radius 2 is 1.57 bits per heavy atom. The molecule has 0 saturated carbocycles. The van der Waals surface area contributed by atoms with Gasteiger partial charge in [-0.05, 0) is 68.4 Å². The van der Waals surface area contributed by atoms with E-state index >= 15 is 0 Å². The van der Waals surface area contributed by atoms with Crippen molar-refractivity contribution in [1.29, 1.82) is 0 Å². The molecule has 2 N–H and O–H groups in total. The van der Waals surface area contributed by atoms with Crippen LogP contribution in [-0.2, 0) is 11.8 Å². The smallest absolute Gasteiger partial charge is 0.295 e. The van der Waals surface area contributed by atoms with Gasteiger partial charge in [0.1, 0.15) is 11.4 Å². The zero-order chi connectivity index (χ0) is 26.5. The molecule has 0 unspecified atom stereocenters. The number of anilines is 2. The van der Waals surface area contributed by atoms with E-state index in [2.05, 4.69) is 10.6 Å². The summed E-state index contributed by atoms with van der Waals surface area (Å²) in [7, 11) is 1.75. The van der Waals surface area contributed by atoms with Crippen LogP contribution in [0.5, 0.6) is 5.75 Å². The maximum Gasteiger partial charge on any atom is 0.295 e. The van der Waals surface area contributed by atoms with E-state index in [4.69, 9.17) is 4.74 Å². The predicted molar refractivity (Wildman–Crippen MR) is 141 cm³/mol. The van der Waals surface area contributed by atoms with Crippen molar-refractivity contribution in [2.45, 2.75) is 13.8 Å². The Morgan fingerprint density at radius 1 is 0.865 bits per heavy atom. The molecule has 0 aliphatic rings. The zero-order valence-corrected chi connectivity index (χ0v) is 20.6. The number of aromatic nitrogens is 2. The first-order valence-electron chi connectivity index (χ1n) is 11.5. The lowest BCUT2D eigenvalue weighted by Crippen LogP contribution is -2.23. The van der Waals surface area contributed by atoms with Crippen molar-refractivity contribution in [2.24, 2.45) is 7.05 Å². The van der Waals surface area contributed by atoms with Crippen LogP contribution >= 0.6 is 0 Å². The average Bonchev–Trinajstić information content (AvgIpc) is 3.11. The van der Waals surface area contributed by atoms with Crippen molar-refractivity contribution in [2.75, 3.05) is 17.2 Å². The number of amides is 2. The number of benzene rings is 3. The second-order valence-electron chi connectivity index (χ2n) is 8.39. The number of carbonyl (C=O) groups is 3. The number of carbonyl (C=O) groups excluding carboxylic acids is 3. The van der Waals surface area contributed by atoms with Crippen LogP contribution in [0.1, 0.15) is 33.3 Å². The van der Waals surface area contributed by atoms with Crippen LogP contribution in [0.4, 0.5) is 11.4 Å². The highest BCUT2D eigenvalue weighted by molar-refractivity contribution is 6.05. The molecule has 1 aromatic heterocycles. The van der Waals surface area contributed by atoms with Crippen molar-refractivity contribution in [3.8, 4) is 11.4 Å². The van der Waals surface area contributed by atoms with Gasteiger partial charge >= 0.3 is 0 Å². The van der Waals surface area contributed by atoms with Gasteiger partial charge in [-0.2, -0.15) is 0 Å². The van der Waals surface area contributed by atoms with Gasteiger partial charge in [0.05, 0.1) is 11.4 Å². The standard InChI is InChI=1S/C28H26N4O5/c1-18-26(28(36)32(31(18)3)23-10-5-4-6-11-23)30-27(35)21-8-7-9-22(16-21)29-25(34)17-37-24-14-12-20(13-15-24)19(2)33/h4-16H,17H2,1-3H3,(H,29,34)(H,30,35). The SMILES string of the molecule is CC(=O)c1ccc(OCC(=O)Nc2cccc(C(=O)Nc3c(C)n(C)n(-c4ccccc4)c3=O)c2)cc1. The van der Waals surface area contributed by atoms with E-state index in [-0.39, 0.29) is 29.2 Å². The van der Waals surface area contributed by atoms with Crippen LogP contribution in [0, 0.1) is 6.92 Å². The van der Waals surface area contributed by atoms with Crippen molar-refractivity contribution >= 4 is 29.0 Å². The summed E-state index contributed by atoms with van der Waals surface area (Å²) in [5.74, 6) is -0.507. The molecule has 0 aliphatic carbocycles. The number of hydrogen-bond donors (Lipinski definition) is 2. The molecule has 4 rings (SSSR count). The van der Waals surface area contributed by atoms with Gasteiger partial charge in [0, 0.05) is 23.9 Å². The highest BCUT2D eigenvalue weighted by Crippen LogP contribution is 2.17. The first-order chi connectivity index (χ1) is 17.7. The summed E-state index contributed by atoms with van der Waals surface area (Å²) < 4.78 is 8.63. The van der Waals surface area contributed by atoms with Crippen molar-refractivity contribution < 1.29 is 19.1 Å². The second kappa shape index (κ2) is 10.8. The van der Waals surface area contributed by atoms with Crippen molar-refractivity contribution in [1.82, 2.24) is 9.36 Å². The van der Waals surface area contributed by atoms with Crippen molar-refractivity contribution in [3.63, 3.8) is 0 Å². The lowest BCUT2D eigenvalue weighted by Gasteiger charge is -2.09. The molecule has 0 radical (unpaired) electrons. The number of nitrogens with zero attached hydrogens (tertiary/aromatic N) is 2. The summed E-state index contributed by atoms with van der Waals surface area (Å²) in [5.41, 5.74) is 2.33. The molecule has 0 fully saturated rings. The Balaban J connectivity index is 1.42. The quantitative estimate of drug-likeness (QED) is 0.357. The highest BCUT2D eigenvalue weighted by Gasteiger charge is 2.19. The molecule has 188 valence electrons. The molecular weight excluding hydrogens is 472 g/mol. The Hall–Kier alpha value is -4.92. The fourth-order valence-electron chi connectivity index (χ4n) is 3.77. The summed E-state index contributed by atoms with van der Waals surface area (Å²) in [4.78, 5) is 49.8. The van der Waals surface area contributed by atoms with Crippen molar-refractivity contribution in [3.05, 3.63) is 106 Å². The van der Waals surface area contributed by atoms with Crippen LogP contribution < -0.4 is 20.9 Å². The van der Waals surface area contributed by atoms with Gasteiger partial charge in [0.15, 0.2) is 12.4 Å². The topological polar surface area (TPSA) is 111 Å². The average molecular weight is 499 g/mol. The molecule has 0 atom stereocenters. The minimum absolute atomic E-state index is 0.0579. The van der Waals surface area contributed by atoms with E-state index in [9.17, 15) is 19.2 Å². The van der Waals surface area contributed by atoms with Gasteiger partial charge in [-0.25, -0.2) is 4.68 Å². The highest BCUT2D eigenvalue weighted by atomic mass is 16.5. The minimum atomic E-state index is -0.482. The number of ketones is 1. The van der Waals surface area contributed by atoms with E-state index in [1.54, 1.807) is 61.1 Å². The molecule has 37 heavy (non-hydrogen) atoms. The molecule has 9 nitrogen and oxygen atoms in total. The minimum Gasteiger partial charge on any atom is -0.484 e. The monoisotopic (exact) mass is 498 g/mol. The number of hydrogen-bond acceptors (Lipinski definition) is 5. The molecule has 4 aromatic rings. The number of ether oxygens (including phenoxy) is 1. The zero-order valence-electron chi connectivity index (χ0n) is 20.6. The van der Waals surface area contributed by atoms with Crippen LogP contribution in [0.3, 0.4) is 0 Å². The third-order valence-corrected chi connectivity index (χ3v) is 5.83. The van der Waals surface area contributed by atoms with Crippen LogP contribution in [0.25, 0.3) is 5.69 Å². The van der Waals surface area contributed by atoms with E-state index < -0.39 is 11.8 Å². The molecule has 0 bridgehead atoms. The predicted octanol–water partition coefficient (Wildman–Crippen LogP) is 3.96. The largest absolute Gasteiger partial charge is 0.484 e. The van der Waals surface area contributed by atoms with Gasteiger partial charge in [0.25, 0.3) is 17.4 Å². The third-order valence-electron chi connectivity index (χ3n) is 5.83. The van der Waals surface area contributed by atoms with Crippen LogP contribution in [-0.4, -0.2) is 33.6 Å². The molecule has 0 saturated heterocycles. The molecule has 2 amide bonds. The molecule has 9 heteroatoms. The van der Waals surface area contributed by atoms with Crippen LogP contribution in [0.15, 0.2) is 83.7 Å². The lowest BCUT2D eigenvalue weighted by atomic mass is 10.1. The summed E-state index contributed by atoms with van der Waals surface area (Å²) in [6, 6.07) is 22.0. The van der Waals surface area contributed by atoms with Gasteiger partial charge < -0.3 is 15.4 Å². The number of nitrogens with one attached hydrogen (secondary N) is 2. The fraction of sp³-hybridized carbons (Fsp3) is 0.143. The second-order valence-corrected chi connectivity index (χ2v) is 8.39. The summed E-state index contributed by atoms with van der Waals surface area (Å²) in [6.45, 7) is 2.97. The Morgan fingerprint density at radius 3 is 2.24 bits per heavy atom. The lowest BCUT2D eigenvalue weighted by molar-refractivity contribution is -0.118. The first kappa shape index (κ1) is 25.2. The Labute approximate surface area is 213 Å². The van der Waals surface area contributed by atoms with Gasteiger partial charge in [0.2, 0.25) is 0 Å². The number of Topliss-reactive ketones (excluding diaryl/α,β-unsaturated/α-hetero) is 1. The maximum atomic E-state index is 13.1. The first-order valence-corrected chi connectivity index (χ1v) is 11.5. The van der Waals surface area contributed by atoms with E-state index in [0.29, 0.717) is 28.4 Å². The molecular formula is C28H26N4O5. The molecule has 0 aliphatic heterocycles. The summed E-state index contributed by atoms with van der Waals surface area (Å²) >= 11 is 0. The number of para-hydroxylation sites is 1. The molecule has 1 heterocycles. The van der Waals surface area contributed by atoms with Crippen LogP contribution in [0.2, 0.25) is 0 Å². The van der Waals surface area contributed by atoms with Gasteiger partial charge in [-0.15, -0.1) is 0 Å². The maximum absolute atomic E-state index is 13.1. The molecule has 3 aromatic carbocycles.